The zero-order valence-corrected chi connectivity index (χ0v) is 11.9. The molecule has 0 aromatic heterocycles. The molecule has 110 valence electrons. The molecule has 1 amide bonds. The minimum absolute atomic E-state index is 0.0362. The first-order valence-electron chi connectivity index (χ1n) is 6.29. The average molecular weight is 296 g/mol. The van der Waals surface area contributed by atoms with E-state index < -0.39 is 23.4 Å². The summed E-state index contributed by atoms with van der Waals surface area (Å²) in [5, 5.41) is 0. The normalized spacial score (nSPS) is 23.8. The molecule has 1 rings (SSSR count). The fraction of sp³-hybridized carbons (Fsp3) is 0.833. The highest BCUT2D eigenvalue weighted by molar-refractivity contribution is 7.80. The molecule has 19 heavy (non-hydrogen) atoms. The molecule has 1 aliphatic heterocycles. The van der Waals surface area contributed by atoms with Gasteiger partial charge in [0, 0.05) is 13.1 Å². The molecule has 7 heteroatoms. The summed E-state index contributed by atoms with van der Waals surface area (Å²) in [6.45, 7) is 3.39. The maximum atomic E-state index is 12.7. The largest absolute Gasteiger partial charge is 0.393 e. The molecule has 0 aromatic carbocycles. The Kier molecular flexibility index (Phi) is 4.81. The van der Waals surface area contributed by atoms with Crippen LogP contribution < -0.4 is 5.73 Å². The van der Waals surface area contributed by atoms with Gasteiger partial charge in [-0.25, -0.2) is 0 Å². The van der Waals surface area contributed by atoms with Gasteiger partial charge in [0.15, 0.2) is 0 Å². The number of carbonyl (C=O) groups excluding carboxylic acids is 1. The number of piperidine rings is 1. The van der Waals surface area contributed by atoms with Crippen LogP contribution in [0.3, 0.4) is 0 Å². The number of alkyl halides is 3. The van der Waals surface area contributed by atoms with Crippen molar-refractivity contribution in [2.45, 2.75) is 39.3 Å². The molecule has 1 aliphatic rings. The van der Waals surface area contributed by atoms with E-state index in [9.17, 15) is 18.0 Å². The lowest BCUT2D eigenvalue weighted by Crippen LogP contribution is -2.53. The second-order valence-electron chi connectivity index (χ2n) is 5.18. The second-order valence-corrected chi connectivity index (χ2v) is 5.62. The van der Waals surface area contributed by atoms with Crippen molar-refractivity contribution in [1.29, 1.82) is 0 Å². The van der Waals surface area contributed by atoms with Crippen molar-refractivity contribution >= 4 is 23.1 Å². The highest BCUT2D eigenvalue weighted by Gasteiger charge is 2.45. The Morgan fingerprint density at radius 2 is 2.05 bits per heavy atom. The maximum absolute atomic E-state index is 12.7. The van der Waals surface area contributed by atoms with E-state index in [4.69, 9.17) is 18.0 Å². The molecule has 0 aliphatic carbocycles. The van der Waals surface area contributed by atoms with Crippen LogP contribution in [-0.4, -0.2) is 35.1 Å². The van der Waals surface area contributed by atoms with Gasteiger partial charge in [-0.15, -0.1) is 0 Å². The summed E-state index contributed by atoms with van der Waals surface area (Å²) in [7, 11) is 0. The Bertz CT molecular complexity index is 372. The van der Waals surface area contributed by atoms with Crippen LogP contribution in [0.5, 0.6) is 0 Å². The van der Waals surface area contributed by atoms with Crippen molar-refractivity contribution in [3.05, 3.63) is 0 Å². The van der Waals surface area contributed by atoms with Crippen molar-refractivity contribution in [3.63, 3.8) is 0 Å². The van der Waals surface area contributed by atoms with Crippen LogP contribution in [-0.2, 0) is 4.79 Å². The summed E-state index contributed by atoms with van der Waals surface area (Å²) in [4.78, 5) is 13.6. The molecule has 2 N–H and O–H groups in total. The Morgan fingerprint density at radius 1 is 1.47 bits per heavy atom. The van der Waals surface area contributed by atoms with Crippen LogP contribution in [0.25, 0.3) is 0 Å². The van der Waals surface area contributed by atoms with Crippen molar-refractivity contribution in [3.8, 4) is 0 Å². The summed E-state index contributed by atoms with van der Waals surface area (Å²) >= 11 is 4.89. The lowest BCUT2D eigenvalue weighted by molar-refractivity contribution is -0.189. The van der Waals surface area contributed by atoms with Gasteiger partial charge in [-0.2, -0.15) is 13.2 Å². The van der Waals surface area contributed by atoms with Gasteiger partial charge in [-0.05, 0) is 26.2 Å². The van der Waals surface area contributed by atoms with Crippen molar-refractivity contribution in [1.82, 2.24) is 4.90 Å². The number of likely N-dealkylation sites (tertiary alicyclic amines) is 1. The molecule has 2 unspecified atom stereocenters. The number of rotatable bonds is 3. The lowest BCUT2D eigenvalue weighted by Gasteiger charge is -2.38. The molecular formula is C12H19F3N2OS. The third kappa shape index (κ3) is 3.38. The maximum Gasteiger partial charge on any atom is 0.393 e. The van der Waals surface area contributed by atoms with E-state index in [1.807, 2.05) is 0 Å². The number of hydrogen-bond acceptors (Lipinski definition) is 2. The molecule has 1 fully saturated rings. The molecule has 2 atom stereocenters. The standard InChI is InChI=1S/C12H19F3N2OS/c1-3-11(2,9(16)19)10(18)17-6-4-5-8(7-17)12(13,14)15/h8H,3-7H2,1-2H3,(H2,16,19). The summed E-state index contributed by atoms with van der Waals surface area (Å²) in [6.07, 6.45) is -3.45. The van der Waals surface area contributed by atoms with Gasteiger partial charge >= 0.3 is 6.18 Å². The van der Waals surface area contributed by atoms with E-state index in [-0.39, 0.29) is 18.0 Å². The quantitative estimate of drug-likeness (QED) is 0.814. The zero-order chi connectivity index (χ0) is 14.8. The van der Waals surface area contributed by atoms with Crippen molar-refractivity contribution in [2.24, 2.45) is 17.1 Å². The van der Waals surface area contributed by atoms with Crippen LogP contribution in [0.15, 0.2) is 0 Å². The van der Waals surface area contributed by atoms with Gasteiger partial charge in [0.05, 0.1) is 16.3 Å². The Hall–Kier alpha value is -0.850. The summed E-state index contributed by atoms with van der Waals surface area (Å²) in [5.74, 6) is -1.84. The SMILES string of the molecule is CCC(C)(C(=O)N1CCCC(C(F)(F)F)C1)C(N)=S. The number of nitrogens with two attached hydrogens (primary N) is 1. The highest BCUT2D eigenvalue weighted by atomic mass is 32.1. The molecule has 0 bridgehead atoms. The van der Waals surface area contributed by atoms with E-state index in [1.54, 1.807) is 13.8 Å². The van der Waals surface area contributed by atoms with Gasteiger partial charge in [-0.3, -0.25) is 4.79 Å². The third-order valence-electron chi connectivity index (χ3n) is 3.89. The smallest absolute Gasteiger partial charge is 0.392 e. The van der Waals surface area contributed by atoms with E-state index >= 15 is 0 Å². The predicted octanol–water partition coefficient (Wildman–Crippen LogP) is 2.49. The molecule has 0 spiro atoms. The minimum atomic E-state index is -4.26. The molecule has 1 saturated heterocycles. The summed E-state index contributed by atoms with van der Waals surface area (Å²) in [6, 6.07) is 0. The number of nitrogens with zero attached hydrogens (tertiary/aromatic N) is 1. The van der Waals surface area contributed by atoms with Crippen LogP contribution >= 0.6 is 12.2 Å². The highest BCUT2D eigenvalue weighted by Crippen LogP contribution is 2.35. The van der Waals surface area contributed by atoms with Gasteiger partial charge < -0.3 is 10.6 Å². The minimum Gasteiger partial charge on any atom is -0.392 e. The van der Waals surface area contributed by atoms with Crippen LogP contribution in [0.4, 0.5) is 13.2 Å². The molecule has 3 nitrogen and oxygen atoms in total. The molecule has 0 radical (unpaired) electrons. The fourth-order valence-electron chi connectivity index (χ4n) is 2.21. The van der Waals surface area contributed by atoms with Crippen LogP contribution in [0.2, 0.25) is 0 Å². The topological polar surface area (TPSA) is 46.3 Å². The van der Waals surface area contributed by atoms with E-state index in [0.717, 1.165) is 0 Å². The molecule has 1 heterocycles. The van der Waals surface area contributed by atoms with E-state index in [2.05, 4.69) is 0 Å². The summed E-state index contributed by atoms with van der Waals surface area (Å²) in [5.41, 5.74) is 4.52. The molecule has 0 aromatic rings. The second kappa shape index (κ2) is 5.64. The van der Waals surface area contributed by atoms with Crippen LogP contribution in [0.1, 0.15) is 33.1 Å². The first-order chi connectivity index (χ1) is 8.63. The first-order valence-corrected chi connectivity index (χ1v) is 6.69. The Morgan fingerprint density at radius 3 is 2.47 bits per heavy atom. The van der Waals surface area contributed by atoms with E-state index in [1.165, 1.54) is 4.90 Å². The van der Waals surface area contributed by atoms with Crippen molar-refractivity contribution in [2.75, 3.05) is 13.1 Å². The molecule has 0 saturated carbocycles. The predicted molar refractivity (Wildman–Crippen MR) is 70.5 cm³/mol. The molecular weight excluding hydrogens is 277 g/mol. The Labute approximate surface area is 116 Å². The summed E-state index contributed by atoms with van der Waals surface area (Å²) < 4.78 is 38.2. The van der Waals surface area contributed by atoms with Crippen LogP contribution in [0, 0.1) is 11.3 Å². The average Bonchev–Trinajstić information content (AvgIpc) is 2.35. The Balaban J connectivity index is 2.85. The first kappa shape index (κ1) is 16.2. The van der Waals surface area contributed by atoms with Gasteiger partial charge in [0.2, 0.25) is 5.91 Å². The monoisotopic (exact) mass is 296 g/mol. The van der Waals surface area contributed by atoms with E-state index in [0.29, 0.717) is 19.4 Å². The third-order valence-corrected chi connectivity index (χ3v) is 4.34. The van der Waals surface area contributed by atoms with Crippen molar-refractivity contribution < 1.29 is 18.0 Å². The number of thiocarbonyl (C=S) groups is 1. The number of amides is 1. The fourth-order valence-corrected chi connectivity index (χ4v) is 2.44. The lowest BCUT2D eigenvalue weighted by atomic mass is 9.84. The number of hydrogen-bond donors (Lipinski definition) is 1. The zero-order valence-electron chi connectivity index (χ0n) is 11.1. The number of halogens is 3. The number of carbonyl (C=O) groups is 1. The van der Waals surface area contributed by atoms with Gasteiger partial charge in [-0.1, -0.05) is 19.1 Å². The van der Waals surface area contributed by atoms with Gasteiger partial charge in [0.25, 0.3) is 0 Å². The van der Waals surface area contributed by atoms with Gasteiger partial charge in [0.1, 0.15) is 0 Å².